The Morgan fingerprint density at radius 3 is 2.82 bits per heavy atom. The van der Waals surface area contributed by atoms with Crippen LogP contribution in [-0.2, 0) is 0 Å². The number of rotatable bonds is 3. The number of anilines is 1. The maximum Gasteiger partial charge on any atom is 0.180 e. The highest BCUT2D eigenvalue weighted by Crippen LogP contribution is 2.36. The molecule has 2 heterocycles. The maximum atomic E-state index is 5.39. The van der Waals surface area contributed by atoms with Crippen LogP contribution in [-0.4, -0.2) is 23.5 Å². The van der Waals surface area contributed by atoms with Gasteiger partial charge in [0.1, 0.15) is 0 Å². The molecule has 1 fully saturated rings. The van der Waals surface area contributed by atoms with Gasteiger partial charge in [0.25, 0.3) is 0 Å². The minimum atomic E-state index is 0.651. The Morgan fingerprint density at radius 2 is 2.24 bits per heavy atom. The number of hydrogen-bond donors (Lipinski definition) is 1. The van der Waals surface area contributed by atoms with Crippen molar-refractivity contribution >= 4 is 11.3 Å². The van der Waals surface area contributed by atoms with E-state index in [1.165, 1.54) is 25.0 Å². The Kier molecular flexibility index (Phi) is 2.42. The first-order valence-corrected chi connectivity index (χ1v) is 6.06. The summed E-state index contributed by atoms with van der Waals surface area (Å²) in [6.45, 7) is 0. The fraction of sp³-hybridized carbons (Fsp3) is 0.462. The molecule has 0 atom stereocenters. The molecule has 17 heavy (non-hydrogen) atoms. The quantitative estimate of drug-likeness (QED) is 0.882. The Bertz CT molecular complexity index is 543. The Morgan fingerprint density at radius 1 is 1.41 bits per heavy atom. The van der Waals surface area contributed by atoms with E-state index in [0.29, 0.717) is 5.92 Å². The molecule has 90 valence electrons. The summed E-state index contributed by atoms with van der Waals surface area (Å²) < 4.78 is 7.45. The van der Waals surface area contributed by atoms with E-state index in [1.807, 2.05) is 19.3 Å². The number of fused-ring (bicyclic) bond motifs is 1. The molecule has 0 aliphatic heterocycles. The Hall–Kier alpha value is -1.71. The van der Waals surface area contributed by atoms with Gasteiger partial charge in [-0.15, -0.1) is 0 Å². The molecule has 0 amide bonds. The van der Waals surface area contributed by atoms with E-state index >= 15 is 0 Å². The van der Waals surface area contributed by atoms with Crippen molar-refractivity contribution in [3.05, 3.63) is 24.2 Å². The minimum absolute atomic E-state index is 0.651. The van der Waals surface area contributed by atoms with Crippen LogP contribution in [0.4, 0.5) is 5.69 Å². The zero-order valence-corrected chi connectivity index (χ0v) is 10.2. The summed E-state index contributed by atoms with van der Waals surface area (Å²) in [5, 5.41) is 3.13. The van der Waals surface area contributed by atoms with Crippen molar-refractivity contribution in [3.63, 3.8) is 0 Å². The normalized spacial score (nSPS) is 15.9. The summed E-state index contributed by atoms with van der Waals surface area (Å²) >= 11 is 0. The summed E-state index contributed by atoms with van der Waals surface area (Å²) in [5.74, 6) is 1.47. The number of aromatic nitrogens is 2. The maximum absolute atomic E-state index is 5.39. The van der Waals surface area contributed by atoms with Crippen LogP contribution in [0.2, 0.25) is 0 Å². The van der Waals surface area contributed by atoms with Crippen molar-refractivity contribution in [2.24, 2.45) is 0 Å². The van der Waals surface area contributed by atoms with Crippen LogP contribution in [0.5, 0.6) is 5.75 Å². The van der Waals surface area contributed by atoms with E-state index in [4.69, 9.17) is 9.72 Å². The molecular formula is C13H17N3O. The second-order valence-corrected chi connectivity index (χ2v) is 4.57. The molecule has 1 aliphatic carbocycles. The number of pyridine rings is 1. The van der Waals surface area contributed by atoms with Gasteiger partial charge in [0.05, 0.1) is 18.5 Å². The van der Waals surface area contributed by atoms with Gasteiger partial charge < -0.3 is 14.5 Å². The van der Waals surface area contributed by atoms with Crippen LogP contribution in [0.25, 0.3) is 5.65 Å². The lowest BCUT2D eigenvalue weighted by Crippen LogP contribution is -2.08. The Labute approximate surface area is 101 Å². The SMILES string of the molecule is CNc1cc(OC)c2nc(C3CCC3)cn2c1. The second-order valence-electron chi connectivity index (χ2n) is 4.57. The van der Waals surface area contributed by atoms with Crippen molar-refractivity contribution in [2.45, 2.75) is 25.2 Å². The van der Waals surface area contributed by atoms with Crippen LogP contribution in [0.1, 0.15) is 30.9 Å². The lowest BCUT2D eigenvalue weighted by molar-refractivity contribution is 0.410. The number of imidazole rings is 1. The van der Waals surface area contributed by atoms with Crippen LogP contribution in [0, 0.1) is 0 Å². The molecule has 1 N–H and O–H groups in total. The van der Waals surface area contributed by atoms with E-state index in [-0.39, 0.29) is 0 Å². The molecule has 0 aromatic carbocycles. The van der Waals surface area contributed by atoms with Crippen LogP contribution in [0.15, 0.2) is 18.5 Å². The smallest absolute Gasteiger partial charge is 0.180 e. The van der Waals surface area contributed by atoms with Gasteiger partial charge in [-0.3, -0.25) is 0 Å². The predicted molar refractivity (Wildman–Crippen MR) is 67.9 cm³/mol. The number of nitrogens with zero attached hydrogens (tertiary/aromatic N) is 2. The van der Waals surface area contributed by atoms with E-state index in [2.05, 4.69) is 15.9 Å². The number of methoxy groups -OCH3 is 1. The molecule has 3 rings (SSSR count). The summed E-state index contributed by atoms with van der Waals surface area (Å²) in [7, 11) is 3.59. The third kappa shape index (κ3) is 1.64. The zero-order valence-electron chi connectivity index (χ0n) is 10.2. The number of hydrogen-bond acceptors (Lipinski definition) is 3. The van der Waals surface area contributed by atoms with E-state index < -0.39 is 0 Å². The summed E-state index contributed by atoms with van der Waals surface area (Å²) in [6.07, 6.45) is 8.04. The molecule has 0 saturated heterocycles. The van der Waals surface area contributed by atoms with Gasteiger partial charge in [-0.25, -0.2) is 4.98 Å². The van der Waals surface area contributed by atoms with Gasteiger partial charge >= 0.3 is 0 Å². The minimum Gasteiger partial charge on any atom is -0.493 e. The fourth-order valence-corrected chi connectivity index (χ4v) is 2.27. The van der Waals surface area contributed by atoms with Gasteiger partial charge in [-0.1, -0.05) is 6.42 Å². The van der Waals surface area contributed by atoms with Crippen molar-refractivity contribution in [2.75, 3.05) is 19.5 Å². The van der Waals surface area contributed by atoms with E-state index in [0.717, 1.165) is 17.1 Å². The summed E-state index contributed by atoms with van der Waals surface area (Å²) in [5.41, 5.74) is 3.14. The zero-order chi connectivity index (χ0) is 11.8. The Balaban J connectivity index is 2.12. The molecular weight excluding hydrogens is 214 g/mol. The van der Waals surface area contributed by atoms with Crippen molar-refractivity contribution < 1.29 is 4.74 Å². The molecule has 0 spiro atoms. The molecule has 4 heteroatoms. The molecule has 0 radical (unpaired) electrons. The van der Waals surface area contributed by atoms with E-state index in [1.54, 1.807) is 7.11 Å². The monoisotopic (exact) mass is 231 g/mol. The van der Waals surface area contributed by atoms with Crippen molar-refractivity contribution in [1.82, 2.24) is 9.38 Å². The largest absolute Gasteiger partial charge is 0.493 e. The molecule has 2 aromatic rings. The molecule has 0 bridgehead atoms. The van der Waals surface area contributed by atoms with Crippen LogP contribution in [0.3, 0.4) is 0 Å². The standard InChI is InChI=1S/C13H17N3O/c1-14-10-6-12(17-2)13-15-11(8-16(13)7-10)9-4-3-5-9/h6-9,14H,3-5H2,1-2H3. The first-order chi connectivity index (χ1) is 8.31. The van der Waals surface area contributed by atoms with Crippen molar-refractivity contribution in [3.8, 4) is 5.75 Å². The number of nitrogens with one attached hydrogen (secondary N) is 1. The summed E-state index contributed by atoms with van der Waals surface area (Å²) in [4.78, 5) is 4.69. The first-order valence-electron chi connectivity index (χ1n) is 6.06. The van der Waals surface area contributed by atoms with Crippen LogP contribution >= 0.6 is 0 Å². The highest BCUT2D eigenvalue weighted by atomic mass is 16.5. The fourth-order valence-electron chi connectivity index (χ4n) is 2.27. The van der Waals surface area contributed by atoms with Crippen LogP contribution < -0.4 is 10.1 Å². The van der Waals surface area contributed by atoms with Gasteiger partial charge in [-0.2, -0.15) is 0 Å². The van der Waals surface area contributed by atoms with Gasteiger partial charge in [0.2, 0.25) is 0 Å². The highest BCUT2D eigenvalue weighted by molar-refractivity contribution is 5.62. The molecule has 0 unspecified atom stereocenters. The second kappa shape index (κ2) is 3.95. The van der Waals surface area contributed by atoms with E-state index in [9.17, 15) is 0 Å². The lowest BCUT2D eigenvalue weighted by atomic mass is 9.83. The van der Waals surface area contributed by atoms with Gasteiger partial charge in [0, 0.05) is 31.4 Å². The molecule has 1 saturated carbocycles. The average Bonchev–Trinajstić information content (AvgIpc) is 2.68. The third-order valence-corrected chi connectivity index (χ3v) is 3.57. The average molecular weight is 231 g/mol. The number of ether oxygens (including phenoxy) is 1. The molecule has 2 aromatic heterocycles. The molecule has 4 nitrogen and oxygen atoms in total. The van der Waals surface area contributed by atoms with Gasteiger partial charge in [0.15, 0.2) is 11.4 Å². The predicted octanol–water partition coefficient (Wildman–Crippen LogP) is 2.65. The highest BCUT2D eigenvalue weighted by Gasteiger charge is 2.22. The van der Waals surface area contributed by atoms with Gasteiger partial charge in [-0.05, 0) is 12.8 Å². The third-order valence-electron chi connectivity index (χ3n) is 3.57. The van der Waals surface area contributed by atoms with Crippen molar-refractivity contribution in [1.29, 1.82) is 0 Å². The lowest BCUT2D eigenvalue weighted by Gasteiger charge is -2.22. The first kappa shape index (κ1) is 10.4. The topological polar surface area (TPSA) is 38.6 Å². The molecule has 1 aliphatic rings. The summed E-state index contributed by atoms with van der Waals surface area (Å²) in [6, 6.07) is 1.98.